The van der Waals surface area contributed by atoms with Crippen molar-refractivity contribution in [1.82, 2.24) is 0 Å². The summed E-state index contributed by atoms with van der Waals surface area (Å²) in [4.78, 5) is 11.4. The van der Waals surface area contributed by atoms with Crippen LogP contribution in [-0.4, -0.2) is 25.2 Å². The number of halogens is 1. The Labute approximate surface area is 119 Å². The Morgan fingerprint density at radius 2 is 2.10 bits per heavy atom. The Kier molecular flexibility index (Phi) is 5.95. The minimum Gasteiger partial charge on any atom is -0.491 e. The number of unbranched alkanes of at least 4 members (excludes halogenated alkanes) is 1. The predicted octanol–water partition coefficient (Wildman–Crippen LogP) is 2.57. The highest BCUT2D eigenvalue weighted by atomic mass is 19.1. The molecule has 0 radical (unpaired) electrons. The SMILES string of the molecule is COC(=O)C(C)(N)CCCCOc1cc(C)ccc1F. The summed E-state index contributed by atoms with van der Waals surface area (Å²) in [5, 5.41) is 0. The van der Waals surface area contributed by atoms with E-state index in [0.29, 0.717) is 25.9 Å². The fourth-order valence-electron chi connectivity index (χ4n) is 1.83. The van der Waals surface area contributed by atoms with Crippen LogP contribution in [0.25, 0.3) is 0 Å². The van der Waals surface area contributed by atoms with Crippen LogP contribution in [0.2, 0.25) is 0 Å². The number of hydrogen-bond donors (Lipinski definition) is 1. The van der Waals surface area contributed by atoms with E-state index < -0.39 is 11.5 Å². The van der Waals surface area contributed by atoms with Crippen molar-refractivity contribution in [1.29, 1.82) is 0 Å². The Morgan fingerprint density at radius 3 is 2.75 bits per heavy atom. The van der Waals surface area contributed by atoms with E-state index in [-0.39, 0.29) is 11.6 Å². The zero-order valence-electron chi connectivity index (χ0n) is 12.2. The second-order valence-electron chi connectivity index (χ2n) is 5.15. The molecule has 1 atom stereocenters. The Balaban J connectivity index is 2.32. The van der Waals surface area contributed by atoms with Gasteiger partial charge < -0.3 is 15.2 Å². The average molecular weight is 283 g/mol. The van der Waals surface area contributed by atoms with Gasteiger partial charge >= 0.3 is 5.97 Å². The van der Waals surface area contributed by atoms with E-state index >= 15 is 0 Å². The summed E-state index contributed by atoms with van der Waals surface area (Å²) in [6, 6.07) is 4.74. The van der Waals surface area contributed by atoms with Gasteiger partial charge in [0.05, 0.1) is 13.7 Å². The first kappa shape index (κ1) is 16.4. The quantitative estimate of drug-likeness (QED) is 0.617. The van der Waals surface area contributed by atoms with E-state index in [1.165, 1.54) is 13.2 Å². The van der Waals surface area contributed by atoms with Crippen LogP contribution in [-0.2, 0) is 9.53 Å². The third-order valence-corrected chi connectivity index (χ3v) is 3.09. The number of nitrogens with two attached hydrogens (primary N) is 1. The van der Waals surface area contributed by atoms with Crippen LogP contribution in [0.15, 0.2) is 18.2 Å². The smallest absolute Gasteiger partial charge is 0.325 e. The van der Waals surface area contributed by atoms with Crippen molar-refractivity contribution in [3.8, 4) is 5.75 Å². The fourth-order valence-corrected chi connectivity index (χ4v) is 1.83. The van der Waals surface area contributed by atoms with Crippen LogP contribution in [0.1, 0.15) is 31.7 Å². The highest BCUT2D eigenvalue weighted by molar-refractivity contribution is 5.79. The van der Waals surface area contributed by atoms with Crippen molar-refractivity contribution in [3.05, 3.63) is 29.6 Å². The Hall–Kier alpha value is -1.62. The monoisotopic (exact) mass is 283 g/mol. The average Bonchev–Trinajstić information content (AvgIpc) is 2.41. The van der Waals surface area contributed by atoms with Gasteiger partial charge in [0.2, 0.25) is 0 Å². The van der Waals surface area contributed by atoms with Crippen molar-refractivity contribution < 1.29 is 18.7 Å². The lowest BCUT2D eigenvalue weighted by Gasteiger charge is -2.21. The molecule has 1 aromatic carbocycles. The lowest BCUT2D eigenvalue weighted by atomic mass is 9.96. The van der Waals surface area contributed by atoms with Gasteiger partial charge in [-0.2, -0.15) is 0 Å². The molecule has 0 spiro atoms. The van der Waals surface area contributed by atoms with Gasteiger partial charge in [-0.3, -0.25) is 4.79 Å². The molecule has 0 saturated carbocycles. The number of ether oxygens (including phenoxy) is 2. The van der Waals surface area contributed by atoms with E-state index in [0.717, 1.165) is 5.56 Å². The summed E-state index contributed by atoms with van der Waals surface area (Å²) in [7, 11) is 1.32. The highest BCUT2D eigenvalue weighted by Gasteiger charge is 2.28. The van der Waals surface area contributed by atoms with Gasteiger partial charge in [-0.05, 0) is 50.8 Å². The molecular formula is C15H22FNO3. The molecule has 0 saturated heterocycles. The molecule has 0 amide bonds. The summed E-state index contributed by atoms with van der Waals surface area (Å²) in [6.07, 6.45) is 1.89. The Bertz CT molecular complexity index is 460. The van der Waals surface area contributed by atoms with Crippen LogP contribution in [0.5, 0.6) is 5.75 Å². The molecule has 0 fully saturated rings. The molecule has 20 heavy (non-hydrogen) atoms. The molecule has 4 nitrogen and oxygen atoms in total. The number of hydrogen-bond acceptors (Lipinski definition) is 4. The normalized spacial score (nSPS) is 13.7. The van der Waals surface area contributed by atoms with E-state index in [4.69, 9.17) is 10.5 Å². The second kappa shape index (κ2) is 7.24. The number of carbonyl (C=O) groups is 1. The van der Waals surface area contributed by atoms with Crippen molar-refractivity contribution in [2.24, 2.45) is 5.73 Å². The minimum absolute atomic E-state index is 0.258. The first-order valence-corrected chi connectivity index (χ1v) is 6.63. The van der Waals surface area contributed by atoms with Gasteiger partial charge in [0, 0.05) is 0 Å². The largest absolute Gasteiger partial charge is 0.491 e. The molecule has 2 N–H and O–H groups in total. The maximum absolute atomic E-state index is 13.4. The molecule has 0 heterocycles. The molecule has 112 valence electrons. The predicted molar refractivity (Wildman–Crippen MR) is 75.1 cm³/mol. The van der Waals surface area contributed by atoms with Gasteiger partial charge in [0.1, 0.15) is 5.54 Å². The van der Waals surface area contributed by atoms with Gasteiger partial charge in [0.25, 0.3) is 0 Å². The summed E-state index contributed by atoms with van der Waals surface area (Å²) in [5.74, 6) is -0.537. The molecule has 1 aromatic rings. The molecular weight excluding hydrogens is 261 g/mol. The first-order chi connectivity index (χ1) is 9.36. The summed E-state index contributed by atoms with van der Waals surface area (Å²) < 4.78 is 23.4. The minimum atomic E-state index is -0.983. The molecule has 5 heteroatoms. The molecule has 0 bridgehead atoms. The highest BCUT2D eigenvalue weighted by Crippen LogP contribution is 2.19. The molecule has 0 aliphatic rings. The lowest BCUT2D eigenvalue weighted by Crippen LogP contribution is -2.45. The molecule has 1 rings (SSSR count). The fraction of sp³-hybridized carbons (Fsp3) is 0.533. The Morgan fingerprint density at radius 1 is 1.40 bits per heavy atom. The number of methoxy groups -OCH3 is 1. The topological polar surface area (TPSA) is 61.5 Å². The zero-order chi connectivity index (χ0) is 15.2. The third-order valence-electron chi connectivity index (χ3n) is 3.09. The van der Waals surface area contributed by atoms with Crippen LogP contribution >= 0.6 is 0 Å². The number of benzene rings is 1. The van der Waals surface area contributed by atoms with E-state index in [9.17, 15) is 9.18 Å². The summed E-state index contributed by atoms with van der Waals surface area (Å²) in [6.45, 7) is 3.90. The van der Waals surface area contributed by atoms with Gasteiger partial charge in [-0.25, -0.2) is 4.39 Å². The van der Waals surface area contributed by atoms with Gasteiger partial charge in [-0.15, -0.1) is 0 Å². The van der Waals surface area contributed by atoms with Crippen molar-refractivity contribution in [2.45, 2.75) is 38.6 Å². The molecule has 1 unspecified atom stereocenters. The van der Waals surface area contributed by atoms with Gasteiger partial charge in [-0.1, -0.05) is 6.07 Å². The standard InChI is InChI=1S/C15H22FNO3/c1-11-6-7-12(16)13(10-11)20-9-5-4-8-15(2,17)14(18)19-3/h6-7,10H,4-5,8-9,17H2,1-3H3. The molecule has 0 aromatic heterocycles. The van der Waals surface area contributed by atoms with Crippen molar-refractivity contribution >= 4 is 5.97 Å². The number of aryl methyl sites for hydroxylation is 1. The van der Waals surface area contributed by atoms with Crippen molar-refractivity contribution in [2.75, 3.05) is 13.7 Å². The molecule has 0 aliphatic heterocycles. The van der Waals surface area contributed by atoms with Crippen LogP contribution in [0.4, 0.5) is 4.39 Å². The number of rotatable bonds is 7. The maximum Gasteiger partial charge on any atom is 0.325 e. The summed E-state index contributed by atoms with van der Waals surface area (Å²) in [5.41, 5.74) is 5.80. The number of esters is 1. The summed E-state index contributed by atoms with van der Waals surface area (Å²) >= 11 is 0. The van der Waals surface area contributed by atoms with Crippen molar-refractivity contribution in [3.63, 3.8) is 0 Å². The maximum atomic E-state index is 13.4. The van der Waals surface area contributed by atoms with E-state index in [1.807, 2.05) is 6.92 Å². The second-order valence-corrected chi connectivity index (χ2v) is 5.15. The van der Waals surface area contributed by atoms with Gasteiger partial charge in [0.15, 0.2) is 11.6 Å². The number of carbonyl (C=O) groups excluding carboxylic acids is 1. The van der Waals surface area contributed by atoms with E-state index in [2.05, 4.69) is 4.74 Å². The van der Waals surface area contributed by atoms with Crippen LogP contribution < -0.4 is 10.5 Å². The van der Waals surface area contributed by atoms with E-state index in [1.54, 1.807) is 19.1 Å². The third kappa shape index (κ3) is 4.81. The molecule has 0 aliphatic carbocycles. The lowest BCUT2D eigenvalue weighted by molar-refractivity contribution is -0.146. The first-order valence-electron chi connectivity index (χ1n) is 6.63. The van der Waals surface area contributed by atoms with Crippen LogP contribution in [0.3, 0.4) is 0 Å². The van der Waals surface area contributed by atoms with Crippen LogP contribution in [0, 0.1) is 12.7 Å². The zero-order valence-corrected chi connectivity index (χ0v) is 12.2.